The summed E-state index contributed by atoms with van der Waals surface area (Å²) in [6.45, 7) is 6.35. The Morgan fingerprint density at radius 1 is 1.24 bits per heavy atom. The van der Waals surface area contributed by atoms with Crippen LogP contribution in [0.2, 0.25) is 0 Å². The first-order chi connectivity index (χ1) is 20.1. The molecule has 42 heavy (non-hydrogen) atoms. The van der Waals surface area contributed by atoms with Crippen molar-refractivity contribution in [1.29, 1.82) is 0 Å². The summed E-state index contributed by atoms with van der Waals surface area (Å²) in [5.74, 6) is 0.251. The molecule has 222 valence electrons. The molecule has 4 fully saturated rings. The van der Waals surface area contributed by atoms with Gasteiger partial charge in [0.1, 0.15) is 0 Å². The summed E-state index contributed by atoms with van der Waals surface area (Å²) in [7, 11) is 0. The number of aromatic nitrogens is 2. The molecule has 6 unspecified atom stereocenters. The van der Waals surface area contributed by atoms with E-state index in [0.717, 1.165) is 24.8 Å². The second kappa shape index (κ2) is 9.97. The smallest absolute Gasteiger partial charge is 0.259 e. The molecule has 7 rings (SSSR count). The summed E-state index contributed by atoms with van der Waals surface area (Å²) >= 11 is 1.22. The maximum Gasteiger partial charge on any atom is 0.259 e. The number of aromatic amines is 1. The number of H-pyrrole nitrogens is 1. The summed E-state index contributed by atoms with van der Waals surface area (Å²) in [4.78, 5) is 46.7. The average Bonchev–Trinajstić information content (AvgIpc) is 3.44. The molecule has 0 radical (unpaired) electrons. The lowest BCUT2D eigenvalue weighted by molar-refractivity contribution is -0.197. The topological polar surface area (TPSA) is 119 Å². The number of benzene rings is 1. The molecule has 9 atom stereocenters. The van der Waals surface area contributed by atoms with E-state index in [9.17, 15) is 19.5 Å². The largest absolute Gasteiger partial charge is 0.393 e. The van der Waals surface area contributed by atoms with E-state index in [0.29, 0.717) is 35.3 Å². The van der Waals surface area contributed by atoms with E-state index in [1.54, 1.807) is 30.4 Å². The number of aliphatic hydroxyl groups is 1. The van der Waals surface area contributed by atoms with Gasteiger partial charge < -0.3 is 19.6 Å². The van der Waals surface area contributed by atoms with E-state index in [1.165, 1.54) is 11.8 Å². The van der Waals surface area contributed by atoms with Gasteiger partial charge in [-0.15, -0.1) is 0 Å². The van der Waals surface area contributed by atoms with Gasteiger partial charge in [0.15, 0.2) is 28.6 Å². The first kappa shape index (κ1) is 28.2. The number of ketones is 2. The number of para-hydroxylation sites is 1. The van der Waals surface area contributed by atoms with E-state index >= 15 is 0 Å². The maximum absolute atomic E-state index is 14.5. The molecular formula is C33H38N2O6S. The number of fused-ring (bicyclic) bond motifs is 8. The molecular weight excluding hydrogens is 552 g/mol. The predicted octanol–water partition coefficient (Wildman–Crippen LogP) is 4.75. The highest BCUT2D eigenvalue weighted by atomic mass is 32.2. The number of hydrogen-bond donors (Lipinski definition) is 2. The predicted molar refractivity (Wildman–Crippen MR) is 159 cm³/mol. The van der Waals surface area contributed by atoms with Crippen LogP contribution in [-0.4, -0.2) is 56.5 Å². The number of carbonyl (C=O) groups excluding carboxylic acids is 2. The number of carbonyl (C=O) groups is 2. The van der Waals surface area contributed by atoms with Crippen molar-refractivity contribution < 1.29 is 24.2 Å². The van der Waals surface area contributed by atoms with Crippen molar-refractivity contribution >= 4 is 34.2 Å². The van der Waals surface area contributed by atoms with Crippen LogP contribution < -0.4 is 5.56 Å². The van der Waals surface area contributed by atoms with Crippen LogP contribution in [0.5, 0.6) is 0 Å². The third kappa shape index (κ3) is 3.92. The first-order valence-electron chi connectivity index (χ1n) is 15.2. The Bertz CT molecular complexity index is 1580. The minimum Gasteiger partial charge on any atom is -0.393 e. The highest BCUT2D eigenvalue weighted by Crippen LogP contribution is 2.69. The molecule has 3 saturated carbocycles. The fourth-order valence-corrected chi connectivity index (χ4v) is 10.2. The van der Waals surface area contributed by atoms with Gasteiger partial charge in [0.25, 0.3) is 5.56 Å². The molecule has 2 heterocycles. The molecule has 5 aliphatic rings. The van der Waals surface area contributed by atoms with Gasteiger partial charge in [0, 0.05) is 16.7 Å². The summed E-state index contributed by atoms with van der Waals surface area (Å²) in [5, 5.41) is 12.8. The summed E-state index contributed by atoms with van der Waals surface area (Å²) in [5.41, 5.74) is -0.754. The Balaban J connectivity index is 1.22. The van der Waals surface area contributed by atoms with Crippen LogP contribution in [0.1, 0.15) is 59.3 Å². The molecule has 1 aromatic heterocycles. The number of aliphatic hydroxyl groups excluding tert-OH is 1. The normalized spacial score (nSPS) is 40.3. The van der Waals surface area contributed by atoms with Crippen molar-refractivity contribution in [1.82, 2.24) is 9.97 Å². The second-order valence-corrected chi connectivity index (χ2v) is 14.2. The number of nitrogens with zero attached hydrogens (tertiary/aromatic N) is 1. The Morgan fingerprint density at radius 3 is 2.86 bits per heavy atom. The number of rotatable bonds is 6. The number of nitrogens with one attached hydrogen (secondary N) is 1. The number of Topliss-reactive ketones (excluding diaryl/α,β-unsaturated/α-hetero) is 1. The van der Waals surface area contributed by atoms with Gasteiger partial charge in [-0.25, -0.2) is 4.98 Å². The molecule has 2 aromatic rings. The van der Waals surface area contributed by atoms with Crippen molar-refractivity contribution in [3.05, 3.63) is 58.4 Å². The first-order valence-corrected chi connectivity index (χ1v) is 16.2. The summed E-state index contributed by atoms with van der Waals surface area (Å²) in [6, 6.07) is 7.16. The standard InChI is InChI=1S/C33H38N2O6S/c1-4-7-27-40-26-15-22-20-11-10-18-14-19(36)12-13-31(18,2)28(20)24(37)16-32(22,3)33(26,41-27)25(38)17-42-30-34-23-9-6-5-8-21(23)29(39)35-30/h5-6,8-9,12-14,20,22,24,26-28,37H,4,7,10-11,15-17H2,1-3H3,(H,34,35,39)/t20?,22?,24?,26-,27-,28?,31?,32?,33-/m1/s1. The van der Waals surface area contributed by atoms with Gasteiger partial charge in [-0.3, -0.25) is 14.4 Å². The Hall–Kier alpha value is -2.59. The minimum absolute atomic E-state index is 0.0134. The van der Waals surface area contributed by atoms with Crippen LogP contribution in [0.25, 0.3) is 10.9 Å². The number of ether oxygens (including phenoxy) is 2. The van der Waals surface area contributed by atoms with Gasteiger partial charge in [-0.2, -0.15) is 0 Å². The van der Waals surface area contributed by atoms with Crippen LogP contribution in [0, 0.1) is 28.6 Å². The van der Waals surface area contributed by atoms with Crippen molar-refractivity contribution in [2.45, 2.75) is 88.6 Å². The van der Waals surface area contributed by atoms with Crippen LogP contribution in [0.3, 0.4) is 0 Å². The Labute approximate surface area is 249 Å². The van der Waals surface area contributed by atoms with Gasteiger partial charge in [0.2, 0.25) is 0 Å². The van der Waals surface area contributed by atoms with Crippen molar-refractivity contribution in [3.63, 3.8) is 0 Å². The van der Waals surface area contributed by atoms with E-state index in [1.807, 2.05) is 12.1 Å². The highest BCUT2D eigenvalue weighted by molar-refractivity contribution is 7.99. The summed E-state index contributed by atoms with van der Waals surface area (Å²) in [6.07, 6.45) is 8.21. The van der Waals surface area contributed by atoms with Crippen LogP contribution >= 0.6 is 11.8 Å². The lowest BCUT2D eigenvalue weighted by Gasteiger charge is -2.59. The Morgan fingerprint density at radius 2 is 2.05 bits per heavy atom. The second-order valence-electron chi connectivity index (χ2n) is 13.2. The average molecular weight is 591 g/mol. The highest BCUT2D eigenvalue weighted by Gasteiger charge is 2.75. The van der Waals surface area contributed by atoms with E-state index < -0.39 is 29.5 Å². The molecule has 1 aromatic carbocycles. The van der Waals surface area contributed by atoms with Gasteiger partial charge >= 0.3 is 0 Å². The lowest BCUT2D eigenvalue weighted by atomic mass is 9.46. The van der Waals surface area contributed by atoms with Gasteiger partial charge in [-0.1, -0.05) is 62.7 Å². The fraction of sp³-hybridized carbons (Fsp3) is 0.576. The van der Waals surface area contributed by atoms with E-state index in [-0.39, 0.29) is 46.0 Å². The zero-order valence-corrected chi connectivity index (χ0v) is 25.1. The SMILES string of the molecule is CCC[C@@H]1O[C@@H]2CC3C4CCC5=CC(=O)C=CC5(C)C4C(O)CC3(C)[C@]2(C(=O)CSc2nc3ccccc3c(=O)[nH]2)O1. The summed E-state index contributed by atoms with van der Waals surface area (Å²) < 4.78 is 13.3. The fourth-order valence-electron chi connectivity index (χ4n) is 9.38. The van der Waals surface area contributed by atoms with E-state index in [2.05, 4.69) is 30.7 Å². The molecule has 1 saturated heterocycles. The van der Waals surface area contributed by atoms with Crippen LogP contribution in [-0.2, 0) is 19.1 Å². The van der Waals surface area contributed by atoms with Crippen LogP contribution in [0.4, 0.5) is 0 Å². The van der Waals surface area contributed by atoms with Crippen LogP contribution in [0.15, 0.2) is 58.0 Å². The van der Waals surface area contributed by atoms with Crippen molar-refractivity contribution in [3.8, 4) is 0 Å². The third-order valence-electron chi connectivity index (χ3n) is 11.2. The molecule has 8 nitrogen and oxygen atoms in total. The number of thioether (sulfide) groups is 1. The minimum atomic E-state index is -1.19. The number of hydrogen-bond acceptors (Lipinski definition) is 8. The molecule has 4 aliphatic carbocycles. The molecule has 9 heteroatoms. The van der Waals surface area contributed by atoms with Crippen molar-refractivity contribution in [2.75, 3.05) is 5.75 Å². The molecule has 0 amide bonds. The van der Waals surface area contributed by atoms with Gasteiger partial charge in [0.05, 0.1) is 28.9 Å². The Kier molecular flexibility index (Phi) is 6.70. The zero-order chi connectivity index (χ0) is 29.4. The number of allylic oxidation sites excluding steroid dienone is 4. The van der Waals surface area contributed by atoms with E-state index in [4.69, 9.17) is 9.47 Å². The lowest BCUT2D eigenvalue weighted by Crippen LogP contribution is -2.63. The maximum atomic E-state index is 14.5. The molecule has 0 bridgehead atoms. The quantitative estimate of drug-likeness (QED) is 0.366. The van der Waals surface area contributed by atoms with Crippen molar-refractivity contribution in [2.24, 2.45) is 28.6 Å². The monoisotopic (exact) mass is 590 g/mol. The third-order valence-corrected chi connectivity index (χ3v) is 12.0. The molecule has 0 spiro atoms. The molecule has 2 N–H and O–H groups in total. The van der Waals surface area contributed by atoms with Gasteiger partial charge in [-0.05, 0) is 68.2 Å². The zero-order valence-electron chi connectivity index (χ0n) is 24.3. The molecule has 1 aliphatic heterocycles.